The van der Waals surface area contributed by atoms with Crippen LogP contribution >= 0.6 is 0 Å². The molecule has 0 aliphatic heterocycles. The Kier molecular flexibility index (Phi) is 5.68. The number of nitrogens with zero attached hydrogens (tertiary/aromatic N) is 1. The van der Waals surface area contributed by atoms with Gasteiger partial charge in [0.05, 0.1) is 6.54 Å². The van der Waals surface area contributed by atoms with Gasteiger partial charge in [-0.05, 0) is 24.7 Å². The summed E-state index contributed by atoms with van der Waals surface area (Å²) in [4.78, 5) is 23.8. The molecule has 5 heteroatoms. The van der Waals surface area contributed by atoms with Crippen molar-refractivity contribution in [3.63, 3.8) is 0 Å². The van der Waals surface area contributed by atoms with E-state index in [9.17, 15) is 9.59 Å². The van der Waals surface area contributed by atoms with Crippen LogP contribution in [0.5, 0.6) is 0 Å². The number of carbonyl (C=O) groups is 2. The zero-order valence-electron chi connectivity index (χ0n) is 11.4. The molecule has 0 atom stereocenters. The second-order valence-corrected chi connectivity index (χ2v) is 5.17. The highest BCUT2D eigenvalue weighted by Gasteiger charge is 2.32. The number of rotatable bonds is 6. The molecule has 5 nitrogen and oxygen atoms in total. The van der Waals surface area contributed by atoms with E-state index >= 15 is 0 Å². The van der Waals surface area contributed by atoms with Crippen LogP contribution in [-0.4, -0.2) is 41.6 Å². The summed E-state index contributed by atoms with van der Waals surface area (Å²) in [5.41, 5.74) is 0.181. The van der Waals surface area contributed by atoms with Gasteiger partial charge in [0.25, 0.3) is 0 Å². The first-order chi connectivity index (χ1) is 9.03. The summed E-state index contributed by atoms with van der Waals surface area (Å²) in [6.45, 7) is 2.38. The summed E-state index contributed by atoms with van der Waals surface area (Å²) in [7, 11) is 0. The summed E-state index contributed by atoms with van der Waals surface area (Å²) in [5.74, 6) is 1.25. The molecule has 19 heavy (non-hydrogen) atoms. The van der Waals surface area contributed by atoms with Crippen LogP contribution in [0.1, 0.15) is 39.0 Å². The van der Waals surface area contributed by atoms with Crippen LogP contribution in [0, 0.1) is 17.8 Å². The van der Waals surface area contributed by atoms with Crippen LogP contribution in [0.4, 0.5) is 4.79 Å². The van der Waals surface area contributed by atoms with Crippen LogP contribution in [-0.2, 0) is 4.79 Å². The van der Waals surface area contributed by atoms with Crippen molar-refractivity contribution in [3.8, 4) is 12.3 Å². The molecule has 0 aromatic rings. The lowest BCUT2D eigenvalue weighted by atomic mass is 9.83. The minimum atomic E-state index is -1.06. The molecule has 106 valence electrons. The van der Waals surface area contributed by atoms with Crippen molar-refractivity contribution in [2.45, 2.75) is 39.0 Å². The Labute approximate surface area is 114 Å². The lowest BCUT2D eigenvalue weighted by Gasteiger charge is -2.29. The van der Waals surface area contributed by atoms with E-state index in [2.05, 4.69) is 18.2 Å². The van der Waals surface area contributed by atoms with E-state index < -0.39 is 5.97 Å². The Morgan fingerprint density at radius 3 is 2.53 bits per heavy atom. The third-order valence-electron chi connectivity index (χ3n) is 3.92. The van der Waals surface area contributed by atoms with E-state index in [1.165, 1.54) is 12.8 Å². The fraction of sp³-hybridized carbons (Fsp3) is 0.714. The van der Waals surface area contributed by atoms with Crippen LogP contribution < -0.4 is 5.32 Å². The maximum atomic E-state index is 11.9. The number of carbonyl (C=O) groups excluding carboxylic acids is 1. The quantitative estimate of drug-likeness (QED) is 0.719. The third-order valence-corrected chi connectivity index (χ3v) is 3.92. The van der Waals surface area contributed by atoms with Crippen molar-refractivity contribution in [2.75, 3.05) is 19.6 Å². The smallest absolute Gasteiger partial charge is 0.323 e. The number of amides is 2. The Morgan fingerprint density at radius 1 is 1.42 bits per heavy atom. The Bertz CT molecular complexity index is 367. The zero-order valence-corrected chi connectivity index (χ0v) is 11.4. The molecular weight excluding hydrogens is 244 g/mol. The average molecular weight is 266 g/mol. The summed E-state index contributed by atoms with van der Waals surface area (Å²) in [6, 6.07) is -0.389. The number of hydrogen-bond acceptors (Lipinski definition) is 2. The summed E-state index contributed by atoms with van der Waals surface area (Å²) >= 11 is 0. The molecule has 2 amide bonds. The van der Waals surface area contributed by atoms with Crippen LogP contribution in [0.2, 0.25) is 0 Å². The average Bonchev–Trinajstić information content (AvgIpc) is 2.84. The van der Waals surface area contributed by atoms with Crippen LogP contribution in [0.3, 0.4) is 0 Å². The number of terminal acetylenes is 1. The minimum Gasteiger partial charge on any atom is -0.480 e. The Balaban J connectivity index is 2.52. The number of carboxylic acids is 1. The van der Waals surface area contributed by atoms with E-state index in [4.69, 9.17) is 11.5 Å². The van der Waals surface area contributed by atoms with Crippen molar-refractivity contribution in [1.82, 2.24) is 10.2 Å². The lowest BCUT2D eigenvalue weighted by Crippen LogP contribution is -2.46. The van der Waals surface area contributed by atoms with Gasteiger partial charge in [-0.25, -0.2) is 4.79 Å². The highest BCUT2D eigenvalue weighted by molar-refractivity contribution is 5.80. The Hall–Kier alpha value is -1.70. The molecule has 0 bridgehead atoms. The molecular formula is C14H22N2O3. The normalized spacial score (nSPS) is 16.6. The highest BCUT2D eigenvalue weighted by Crippen LogP contribution is 2.40. The number of aliphatic carboxylic acids is 1. The van der Waals surface area contributed by atoms with Gasteiger partial charge < -0.3 is 15.3 Å². The fourth-order valence-corrected chi connectivity index (χ4v) is 2.63. The molecule has 1 rings (SSSR count). The van der Waals surface area contributed by atoms with Gasteiger partial charge in [-0.3, -0.25) is 4.79 Å². The highest BCUT2D eigenvalue weighted by atomic mass is 16.4. The van der Waals surface area contributed by atoms with Crippen molar-refractivity contribution in [3.05, 3.63) is 0 Å². The zero-order chi connectivity index (χ0) is 14.3. The summed E-state index contributed by atoms with van der Waals surface area (Å²) in [5, 5.41) is 11.6. The molecule has 1 saturated carbocycles. The molecule has 1 aliphatic carbocycles. The molecule has 1 fully saturated rings. The minimum absolute atomic E-state index is 0.0112. The number of urea groups is 1. The maximum Gasteiger partial charge on any atom is 0.323 e. The predicted molar refractivity (Wildman–Crippen MR) is 72.6 cm³/mol. The van der Waals surface area contributed by atoms with Gasteiger partial charge in [0, 0.05) is 6.54 Å². The first kappa shape index (κ1) is 15.4. The summed E-state index contributed by atoms with van der Waals surface area (Å²) < 4.78 is 0. The number of carboxylic acid groups (broad SMARTS) is 1. The van der Waals surface area contributed by atoms with Crippen LogP contribution in [0.25, 0.3) is 0 Å². The second kappa shape index (κ2) is 7.03. The SMILES string of the molecule is C#CCN(CC(=O)O)C(=O)NCC1(CC)CCCC1. The number of nitrogens with one attached hydrogen (secondary N) is 1. The standard InChI is InChI=1S/C14H22N2O3/c1-3-9-16(10-12(17)18)13(19)15-11-14(4-2)7-5-6-8-14/h1H,4-11H2,2H3,(H,15,19)(H,17,18). The van der Waals surface area contributed by atoms with E-state index in [1.807, 2.05) is 0 Å². The molecule has 0 radical (unpaired) electrons. The molecule has 0 spiro atoms. The largest absolute Gasteiger partial charge is 0.480 e. The van der Waals surface area contributed by atoms with Gasteiger partial charge in [0.1, 0.15) is 6.54 Å². The molecule has 2 N–H and O–H groups in total. The first-order valence-corrected chi connectivity index (χ1v) is 6.71. The van der Waals surface area contributed by atoms with Gasteiger partial charge >= 0.3 is 12.0 Å². The first-order valence-electron chi connectivity index (χ1n) is 6.71. The lowest BCUT2D eigenvalue weighted by molar-refractivity contribution is -0.137. The van der Waals surface area contributed by atoms with E-state index in [-0.39, 0.29) is 24.5 Å². The van der Waals surface area contributed by atoms with E-state index in [0.29, 0.717) is 6.54 Å². The van der Waals surface area contributed by atoms with Crippen molar-refractivity contribution in [1.29, 1.82) is 0 Å². The van der Waals surface area contributed by atoms with Gasteiger partial charge in [0.15, 0.2) is 0 Å². The second-order valence-electron chi connectivity index (χ2n) is 5.17. The molecule has 1 aliphatic rings. The third kappa shape index (κ3) is 4.47. The van der Waals surface area contributed by atoms with Gasteiger partial charge in [-0.1, -0.05) is 25.7 Å². The van der Waals surface area contributed by atoms with Gasteiger partial charge in [-0.15, -0.1) is 6.42 Å². The van der Waals surface area contributed by atoms with E-state index in [0.717, 1.165) is 24.2 Å². The Morgan fingerprint density at radius 2 is 2.05 bits per heavy atom. The topological polar surface area (TPSA) is 69.6 Å². The van der Waals surface area contributed by atoms with Crippen LogP contribution in [0.15, 0.2) is 0 Å². The van der Waals surface area contributed by atoms with E-state index in [1.54, 1.807) is 0 Å². The predicted octanol–water partition coefficient (Wildman–Crippen LogP) is 1.69. The summed E-state index contributed by atoms with van der Waals surface area (Å²) in [6.07, 6.45) is 10.8. The molecule has 0 aromatic heterocycles. The van der Waals surface area contributed by atoms with Crippen molar-refractivity contribution < 1.29 is 14.7 Å². The number of hydrogen-bond donors (Lipinski definition) is 2. The van der Waals surface area contributed by atoms with Crippen molar-refractivity contribution >= 4 is 12.0 Å². The van der Waals surface area contributed by atoms with Crippen molar-refractivity contribution in [2.24, 2.45) is 5.41 Å². The molecule has 0 unspecified atom stereocenters. The maximum absolute atomic E-state index is 11.9. The fourth-order valence-electron chi connectivity index (χ4n) is 2.63. The van der Waals surface area contributed by atoms with Gasteiger partial charge in [-0.2, -0.15) is 0 Å². The monoisotopic (exact) mass is 266 g/mol. The molecule has 0 saturated heterocycles. The molecule has 0 heterocycles. The molecule has 0 aromatic carbocycles. The van der Waals surface area contributed by atoms with Gasteiger partial charge in [0.2, 0.25) is 0 Å².